The number of rotatable bonds is 6. The normalized spacial score (nSPS) is 20.1. The zero-order valence-corrected chi connectivity index (χ0v) is 15.7. The summed E-state index contributed by atoms with van der Waals surface area (Å²) in [5, 5.41) is 8.99. The van der Waals surface area contributed by atoms with Gasteiger partial charge < -0.3 is 14.6 Å². The van der Waals surface area contributed by atoms with Gasteiger partial charge in [0.15, 0.2) is 0 Å². The van der Waals surface area contributed by atoms with Gasteiger partial charge in [0.25, 0.3) is 0 Å². The van der Waals surface area contributed by atoms with Crippen molar-refractivity contribution in [1.29, 1.82) is 0 Å². The molecule has 140 valence electrons. The van der Waals surface area contributed by atoms with Crippen LogP contribution in [0.15, 0.2) is 36.4 Å². The van der Waals surface area contributed by atoms with Gasteiger partial charge >= 0.3 is 5.97 Å². The number of allylic oxidation sites excluding steroid dienone is 1. The molecule has 2 aromatic rings. The molecular formula is C23H24O4. The number of carboxylic acids is 1. The average Bonchev–Trinajstić information content (AvgIpc) is 3.30. The van der Waals surface area contributed by atoms with Crippen LogP contribution in [0, 0.1) is 0 Å². The lowest BCUT2D eigenvalue weighted by Gasteiger charge is -2.23. The third kappa shape index (κ3) is 3.09. The molecule has 2 aliphatic rings. The quantitative estimate of drug-likeness (QED) is 0.782. The zero-order valence-electron chi connectivity index (χ0n) is 15.7. The van der Waals surface area contributed by atoms with Crippen LogP contribution >= 0.6 is 0 Å². The predicted molar refractivity (Wildman–Crippen MR) is 105 cm³/mol. The summed E-state index contributed by atoms with van der Waals surface area (Å²) in [4.78, 5) is 10.9. The third-order valence-electron chi connectivity index (χ3n) is 5.88. The minimum atomic E-state index is -0.908. The second-order valence-corrected chi connectivity index (χ2v) is 7.34. The number of aromatic carboxylic acids is 1. The fourth-order valence-corrected chi connectivity index (χ4v) is 4.68. The molecule has 0 aromatic heterocycles. The van der Waals surface area contributed by atoms with E-state index in [1.165, 1.54) is 30.4 Å². The molecule has 4 nitrogen and oxygen atoms in total. The zero-order chi connectivity index (χ0) is 19.0. The maximum Gasteiger partial charge on any atom is 0.335 e. The first-order valence-corrected chi connectivity index (χ1v) is 9.40. The highest BCUT2D eigenvalue weighted by Crippen LogP contribution is 2.59. The Bertz CT molecular complexity index is 896. The lowest BCUT2D eigenvalue weighted by atomic mass is 9.87. The second-order valence-electron chi connectivity index (χ2n) is 7.34. The molecule has 2 unspecified atom stereocenters. The van der Waals surface area contributed by atoms with Gasteiger partial charge in [-0.15, -0.1) is 0 Å². The lowest BCUT2D eigenvalue weighted by Crippen LogP contribution is -2.06. The van der Waals surface area contributed by atoms with Crippen LogP contribution < -0.4 is 9.47 Å². The number of methoxy groups -OCH3 is 2. The molecule has 0 radical (unpaired) electrons. The summed E-state index contributed by atoms with van der Waals surface area (Å²) < 4.78 is 11.5. The van der Waals surface area contributed by atoms with Gasteiger partial charge in [-0.3, -0.25) is 0 Å². The van der Waals surface area contributed by atoms with Gasteiger partial charge in [0, 0.05) is 16.7 Å². The number of ether oxygens (including phenoxy) is 2. The molecule has 1 fully saturated rings. The fourth-order valence-electron chi connectivity index (χ4n) is 4.68. The van der Waals surface area contributed by atoms with Crippen LogP contribution in [0.1, 0.15) is 63.7 Å². The Morgan fingerprint density at radius 2 is 1.81 bits per heavy atom. The maximum absolute atomic E-state index is 10.9. The van der Waals surface area contributed by atoms with Crippen LogP contribution in [0.3, 0.4) is 0 Å². The number of hydrogen-bond donors (Lipinski definition) is 1. The van der Waals surface area contributed by atoms with E-state index >= 15 is 0 Å². The molecular weight excluding hydrogens is 340 g/mol. The van der Waals surface area contributed by atoms with E-state index in [4.69, 9.17) is 14.6 Å². The Labute approximate surface area is 159 Å². The smallest absolute Gasteiger partial charge is 0.335 e. The first-order valence-electron chi connectivity index (χ1n) is 9.40. The molecule has 2 bridgehead atoms. The van der Waals surface area contributed by atoms with E-state index in [9.17, 15) is 4.79 Å². The monoisotopic (exact) mass is 364 g/mol. The van der Waals surface area contributed by atoms with Crippen molar-refractivity contribution in [2.24, 2.45) is 0 Å². The van der Waals surface area contributed by atoms with Gasteiger partial charge in [0.2, 0.25) is 0 Å². The van der Waals surface area contributed by atoms with Crippen LogP contribution in [0.4, 0.5) is 0 Å². The molecule has 27 heavy (non-hydrogen) atoms. The Morgan fingerprint density at radius 1 is 1.11 bits per heavy atom. The van der Waals surface area contributed by atoms with Crippen molar-refractivity contribution in [1.82, 2.24) is 0 Å². The van der Waals surface area contributed by atoms with E-state index in [2.05, 4.69) is 12.1 Å². The highest BCUT2D eigenvalue weighted by molar-refractivity contribution is 5.87. The average molecular weight is 364 g/mol. The first-order chi connectivity index (χ1) is 13.1. The summed E-state index contributed by atoms with van der Waals surface area (Å²) >= 11 is 0. The largest absolute Gasteiger partial charge is 0.496 e. The van der Waals surface area contributed by atoms with Crippen LogP contribution in [0.25, 0.3) is 6.08 Å². The number of hydrogen-bond acceptors (Lipinski definition) is 3. The lowest BCUT2D eigenvalue weighted by molar-refractivity contribution is 0.0697. The fraction of sp³-hybridized carbons (Fsp3) is 0.348. The number of benzene rings is 2. The Kier molecular flexibility index (Phi) is 4.65. The molecule has 2 aromatic carbocycles. The highest BCUT2D eigenvalue weighted by atomic mass is 16.5. The molecule has 0 aliphatic heterocycles. The van der Waals surface area contributed by atoms with Crippen LogP contribution in [0.5, 0.6) is 11.5 Å². The molecule has 0 saturated heterocycles. The molecule has 1 N–H and O–H groups in total. The Hall–Kier alpha value is -2.75. The maximum atomic E-state index is 10.9. The summed E-state index contributed by atoms with van der Waals surface area (Å²) in [6, 6.07) is 9.00. The van der Waals surface area contributed by atoms with E-state index in [1.54, 1.807) is 26.4 Å². The number of carbonyl (C=O) groups is 1. The SMILES string of the molecule is COc1cc(C/C=C\c2ccc(C(=O)O)cc2)c(OC)c2c1C1CCC2C1. The molecule has 2 atom stereocenters. The van der Waals surface area contributed by atoms with E-state index in [0.717, 1.165) is 29.0 Å². The van der Waals surface area contributed by atoms with Gasteiger partial charge in [0.1, 0.15) is 11.5 Å². The molecule has 0 heterocycles. The second kappa shape index (κ2) is 7.10. The topological polar surface area (TPSA) is 55.8 Å². The molecule has 0 amide bonds. The van der Waals surface area contributed by atoms with Crippen molar-refractivity contribution < 1.29 is 19.4 Å². The summed E-state index contributed by atoms with van der Waals surface area (Å²) in [7, 11) is 3.50. The van der Waals surface area contributed by atoms with Crippen LogP contribution in [0.2, 0.25) is 0 Å². The van der Waals surface area contributed by atoms with Gasteiger partial charge in [-0.2, -0.15) is 0 Å². The molecule has 0 spiro atoms. The summed E-state index contributed by atoms with van der Waals surface area (Å²) in [5.74, 6) is 2.32. The molecule has 4 rings (SSSR count). The van der Waals surface area contributed by atoms with Crippen molar-refractivity contribution in [3.05, 3.63) is 64.2 Å². The van der Waals surface area contributed by atoms with E-state index in [0.29, 0.717) is 17.4 Å². The molecule has 1 saturated carbocycles. The summed E-state index contributed by atoms with van der Waals surface area (Å²) in [6.45, 7) is 0. The van der Waals surface area contributed by atoms with Gasteiger partial charge in [0.05, 0.1) is 19.8 Å². The van der Waals surface area contributed by atoms with E-state index in [1.807, 2.05) is 18.2 Å². The summed E-state index contributed by atoms with van der Waals surface area (Å²) in [5.41, 5.74) is 5.14. The van der Waals surface area contributed by atoms with Crippen LogP contribution in [-0.2, 0) is 6.42 Å². The van der Waals surface area contributed by atoms with Crippen molar-refractivity contribution in [3.8, 4) is 11.5 Å². The van der Waals surface area contributed by atoms with Gasteiger partial charge in [-0.25, -0.2) is 4.79 Å². The summed E-state index contributed by atoms with van der Waals surface area (Å²) in [6.07, 6.45) is 8.56. The van der Waals surface area contributed by atoms with Crippen LogP contribution in [-0.4, -0.2) is 25.3 Å². The minimum absolute atomic E-state index is 0.298. The van der Waals surface area contributed by atoms with E-state index in [-0.39, 0.29) is 0 Å². The third-order valence-corrected chi connectivity index (χ3v) is 5.88. The Morgan fingerprint density at radius 3 is 2.44 bits per heavy atom. The minimum Gasteiger partial charge on any atom is -0.496 e. The Balaban J connectivity index is 1.61. The predicted octanol–water partition coefficient (Wildman–Crippen LogP) is 5.02. The van der Waals surface area contributed by atoms with Crippen molar-refractivity contribution in [3.63, 3.8) is 0 Å². The molecule has 2 aliphatic carbocycles. The van der Waals surface area contributed by atoms with Gasteiger partial charge in [-0.1, -0.05) is 24.3 Å². The number of fused-ring (bicyclic) bond motifs is 5. The van der Waals surface area contributed by atoms with Crippen molar-refractivity contribution >= 4 is 12.0 Å². The van der Waals surface area contributed by atoms with Gasteiger partial charge in [-0.05, 0) is 61.3 Å². The molecule has 4 heteroatoms. The van der Waals surface area contributed by atoms with Crippen molar-refractivity contribution in [2.45, 2.75) is 37.5 Å². The first kappa shape index (κ1) is 17.7. The van der Waals surface area contributed by atoms with Crippen molar-refractivity contribution in [2.75, 3.05) is 14.2 Å². The standard InChI is InChI=1S/C23H24O4/c1-26-19-13-18(5-3-4-14-6-8-15(9-7-14)23(24)25)22(27-2)21-17-11-10-16(12-17)20(19)21/h3-4,6-9,13,16-17H,5,10-12H2,1-2H3,(H,24,25)/b4-3-. The van der Waals surface area contributed by atoms with E-state index < -0.39 is 5.97 Å². The number of carboxylic acid groups (broad SMARTS) is 1. The highest BCUT2D eigenvalue weighted by Gasteiger charge is 2.42.